The summed E-state index contributed by atoms with van der Waals surface area (Å²) in [7, 11) is 0. The van der Waals surface area contributed by atoms with Crippen LogP contribution in [0.3, 0.4) is 0 Å². The highest BCUT2D eigenvalue weighted by molar-refractivity contribution is 9.10. The van der Waals surface area contributed by atoms with Gasteiger partial charge in [0.2, 0.25) is 0 Å². The Balaban J connectivity index is 2.00. The van der Waals surface area contributed by atoms with Gasteiger partial charge in [-0.15, -0.1) is 0 Å². The standard InChI is InChI=1S/C25H15BrO2/c26-24-19-10-4-2-7-16(19)14-17-8-5-11-20(22(17)24)23-18-9-3-1-6-15(18)12-13-21(23)25(27)28/h1-14H,(H,27,28). The number of carboxylic acids is 1. The number of rotatable bonds is 2. The summed E-state index contributed by atoms with van der Waals surface area (Å²) in [5.41, 5.74) is 1.99. The zero-order valence-electron chi connectivity index (χ0n) is 14.8. The molecule has 0 saturated heterocycles. The lowest BCUT2D eigenvalue weighted by Gasteiger charge is -2.16. The largest absolute Gasteiger partial charge is 0.478 e. The molecule has 0 aromatic heterocycles. The first-order valence-electron chi connectivity index (χ1n) is 9.00. The zero-order valence-corrected chi connectivity index (χ0v) is 16.4. The van der Waals surface area contributed by atoms with Crippen LogP contribution in [0.1, 0.15) is 10.4 Å². The van der Waals surface area contributed by atoms with Crippen molar-refractivity contribution in [1.29, 1.82) is 0 Å². The fourth-order valence-electron chi connectivity index (χ4n) is 4.01. The Morgan fingerprint density at radius 2 is 1.39 bits per heavy atom. The number of fused-ring (bicyclic) bond motifs is 3. The Morgan fingerprint density at radius 1 is 0.714 bits per heavy atom. The lowest BCUT2D eigenvalue weighted by atomic mass is 9.89. The van der Waals surface area contributed by atoms with E-state index in [9.17, 15) is 9.90 Å². The van der Waals surface area contributed by atoms with E-state index in [1.165, 1.54) is 0 Å². The molecule has 0 unspecified atom stereocenters. The lowest BCUT2D eigenvalue weighted by Crippen LogP contribution is -2.01. The molecule has 0 saturated carbocycles. The normalized spacial score (nSPS) is 11.3. The lowest BCUT2D eigenvalue weighted by molar-refractivity contribution is 0.0698. The third-order valence-corrected chi connectivity index (χ3v) is 6.08. The van der Waals surface area contributed by atoms with Gasteiger partial charge < -0.3 is 5.11 Å². The molecule has 2 nitrogen and oxygen atoms in total. The number of carboxylic acid groups (broad SMARTS) is 1. The van der Waals surface area contributed by atoms with Crippen LogP contribution in [0.15, 0.2) is 89.4 Å². The van der Waals surface area contributed by atoms with Crippen molar-refractivity contribution >= 4 is 54.2 Å². The fourth-order valence-corrected chi connectivity index (χ4v) is 4.81. The second-order valence-electron chi connectivity index (χ2n) is 6.83. The fraction of sp³-hybridized carbons (Fsp3) is 0. The molecule has 1 N–H and O–H groups in total. The van der Waals surface area contributed by atoms with Crippen LogP contribution in [0.25, 0.3) is 43.4 Å². The maximum Gasteiger partial charge on any atom is 0.336 e. The minimum Gasteiger partial charge on any atom is -0.478 e. The van der Waals surface area contributed by atoms with Gasteiger partial charge in [-0.05, 0) is 60.6 Å². The number of hydrogen-bond acceptors (Lipinski definition) is 1. The highest BCUT2D eigenvalue weighted by atomic mass is 79.9. The first-order chi connectivity index (χ1) is 13.6. The molecule has 0 spiro atoms. The van der Waals surface area contributed by atoms with Gasteiger partial charge in [-0.1, -0.05) is 72.8 Å². The van der Waals surface area contributed by atoms with E-state index in [0.29, 0.717) is 5.56 Å². The van der Waals surface area contributed by atoms with E-state index in [1.807, 2.05) is 54.6 Å². The Labute approximate surface area is 170 Å². The van der Waals surface area contributed by atoms with Gasteiger partial charge in [0, 0.05) is 15.4 Å². The molecule has 5 rings (SSSR count). The van der Waals surface area contributed by atoms with Crippen LogP contribution in [-0.2, 0) is 0 Å². The van der Waals surface area contributed by atoms with E-state index in [-0.39, 0.29) is 0 Å². The maximum atomic E-state index is 12.1. The van der Waals surface area contributed by atoms with Crippen molar-refractivity contribution in [3.63, 3.8) is 0 Å². The Morgan fingerprint density at radius 3 is 2.18 bits per heavy atom. The van der Waals surface area contributed by atoms with Gasteiger partial charge in [0.1, 0.15) is 0 Å². The highest BCUT2D eigenvalue weighted by Gasteiger charge is 2.19. The van der Waals surface area contributed by atoms with Crippen LogP contribution in [-0.4, -0.2) is 11.1 Å². The molecular weight excluding hydrogens is 412 g/mol. The molecule has 0 fully saturated rings. The molecule has 0 aliphatic rings. The molecule has 28 heavy (non-hydrogen) atoms. The number of benzene rings is 5. The number of halogens is 1. The molecule has 134 valence electrons. The summed E-state index contributed by atoms with van der Waals surface area (Å²) in [6.45, 7) is 0. The van der Waals surface area contributed by atoms with Crippen LogP contribution in [0.2, 0.25) is 0 Å². The first kappa shape index (κ1) is 17.0. The third-order valence-electron chi connectivity index (χ3n) is 5.25. The van der Waals surface area contributed by atoms with Crippen LogP contribution >= 0.6 is 15.9 Å². The van der Waals surface area contributed by atoms with Gasteiger partial charge in [0.15, 0.2) is 0 Å². The second kappa shape index (κ2) is 6.47. The van der Waals surface area contributed by atoms with E-state index in [4.69, 9.17) is 0 Å². The van der Waals surface area contributed by atoms with Crippen molar-refractivity contribution in [2.24, 2.45) is 0 Å². The molecule has 0 amide bonds. The predicted octanol–water partition coefficient (Wildman–Crippen LogP) is 7.27. The van der Waals surface area contributed by atoms with Gasteiger partial charge in [0.25, 0.3) is 0 Å². The van der Waals surface area contributed by atoms with Crippen molar-refractivity contribution in [3.05, 3.63) is 95.0 Å². The summed E-state index contributed by atoms with van der Waals surface area (Å²) < 4.78 is 0.987. The molecule has 5 aromatic carbocycles. The Bertz CT molecular complexity index is 1400. The molecule has 0 aliphatic carbocycles. The topological polar surface area (TPSA) is 37.3 Å². The molecular formula is C25H15BrO2. The van der Waals surface area contributed by atoms with E-state index in [2.05, 4.69) is 40.2 Å². The van der Waals surface area contributed by atoms with Crippen LogP contribution < -0.4 is 0 Å². The molecule has 5 aromatic rings. The first-order valence-corrected chi connectivity index (χ1v) is 9.80. The van der Waals surface area contributed by atoms with Gasteiger partial charge in [-0.2, -0.15) is 0 Å². The minimum absolute atomic E-state index is 0.311. The summed E-state index contributed by atoms with van der Waals surface area (Å²) in [5.74, 6) is -0.922. The monoisotopic (exact) mass is 426 g/mol. The smallest absolute Gasteiger partial charge is 0.336 e. The zero-order chi connectivity index (χ0) is 19.3. The van der Waals surface area contributed by atoms with Crippen LogP contribution in [0.5, 0.6) is 0 Å². The Kier molecular flexibility index (Phi) is 3.92. The van der Waals surface area contributed by atoms with Crippen molar-refractivity contribution in [2.75, 3.05) is 0 Å². The van der Waals surface area contributed by atoms with Gasteiger partial charge in [-0.25, -0.2) is 4.79 Å². The average molecular weight is 427 g/mol. The summed E-state index contributed by atoms with van der Waals surface area (Å²) in [4.78, 5) is 12.1. The van der Waals surface area contributed by atoms with Gasteiger partial charge >= 0.3 is 5.97 Å². The minimum atomic E-state index is -0.922. The number of hydrogen-bond donors (Lipinski definition) is 1. The highest BCUT2D eigenvalue weighted by Crippen LogP contribution is 2.42. The SMILES string of the molecule is O=C(O)c1ccc2ccccc2c1-c1cccc2cc3ccccc3c(Br)c12. The number of carbonyl (C=O) groups is 1. The molecule has 0 aliphatic heterocycles. The molecule has 0 heterocycles. The van der Waals surface area contributed by atoms with Crippen molar-refractivity contribution in [2.45, 2.75) is 0 Å². The molecule has 0 atom stereocenters. The summed E-state index contributed by atoms with van der Waals surface area (Å²) in [5, 5.41) is 16.2. The summed E-state index contributed by atoms with van der Waals surface area (Å²) in [6, 6.07) is 27.9. The molecule has 0 radical (unpaired) electrons. The van der Waals surface area contributed by atoms with E-state index < -0.39 is 5.97 Å². The van der Waals surface area contributed by atoms with E-state index >= 15 is 0 Å². The van der Waals surface area contributed by atoms with Gasteiger partial charge in [0.05, 0.1) is 5.56 Å². The summed E-state index contributed by atoms with van der Waals surface area (Å²) >= 11 is 3.81. The molecule has 0 bridgehead atoms. The predicted molar refractivity (Wildman–Crippen MR) is 119 cm³/mol. The maximum absolute atomic E-state index is 12.1. The average Bonchev–Trinajstić information content (AvgIpc) is 2.72. The quantitative estimate of drug-likeness (QED) is 0.301. The van der Waals surface area contributed by atoms with Gasteiger partial charge in [-0.3, -0.25) is 0 Å². The van der Waals surface area contributed by atoms with Crippen LogP contribution in [0, 0.1) is 0 Å². The van der Waals surface area contributed by atoms with E-state index in [1.54, 1.807) is 6.07 Å². The third kappa shape index (κ3) is 2.51. The van der Waals surface area contributed by atoms with Crippen molar-refractivity contribution in [3.8, 4) is 11.1 Å². The van der Waals surface area contributed by atoms with Crippen molar-refractivity contribution in [1.82, 2.24) is 0 Å². The van der Waals surface area contributed by atoms with Crippen molar-refractivity contribution < 1.29 is 9.90 Å². The Hall–Kier alpha value is -3.17. The second-order valence-corrected chi connectivity index (χ2v) is 7.62. The summed E-state index contributed by atoms with van der Waals surface area (Å²) in [6.07, 6.45) is 0. The van der Waals surface area contributed by atoms with E-state index in [0.717, 1.165) is 47.9 Å². The number of aromatic carboxylic acids is 1. The van der Waals surface area contributed by atoms with Crippen LogP contribution in [0.4, 0.5) is 0 Å². The molecule has 3 heteroatoms.